The van der Waals surface area contributed by atoms with Gasteiger partial charge in [0, 0.05) is 13.1 Å². The Morgan fingerprint density at radius 2 is 2.00 bits per heavy atom. The Bertz CT molecular complexity index is 289. The van der Waals surface area contributed by atoms with E-state index in [2.05, 4.69) is 10.6 Å². The van der Waals surface area contributed by atoms with Crippen molar-refractivity contribution in [1.82, 2.24) is 10.6 Å². The maximum Gasteiger partial charge on any atom is 0.314 e. The Morgan fingerprint density at radius 1 is 1.35 bits per heavy atom. The van der Waals surface area contributed by atoms with E-state index in [0.717, 1.165) is 12.3 Å². The van der Waals surface area contributed by atoms with Crippen molar-refractivity contribution in [2.24, 2.45) is 11.3 Å². The van der Waals surface area contributed by atoms with Crippen molar-refractivity contribution in [1.29, 1.82) is 0 Å². The number of hydrogen-bond acceptors (Lipinski definition) is 2. The molecule has 0 radical (unpaired) electrons. The van der Waals surface area contributed by atoms with Gasteiger partial charge in [-0.05, 0) is 25.7 Å². The molecule has 98 valence electrons. The molecule has 0 saturated heterocycles. The van der Waals surface area contributed by atoms with Gasteiger partial charge in [0.05, 0.1) is 5.41 Å². The van der Waals surface area contributed by atoms with E-state index >= 15 is 0 Å². The monoisotopic (exact) mass is 242 g/mol. The van der Waals surface area contributed by atoms with Crippen molar-refractivity contribution in [2.75, 3.05) is 13.1 Å². The van der Waals surface area contributed by atoms with Gasteiger partial charge in [-0.2, -0.15) is 0 Å². The third-order valence-electron chi connectivity index (χ3n) is 3.47. The van der Waals surface area contributed by atoms with Gasteiger partial charge in [-0.1, -0.05) is 19.8 Å². The SMILES string of the molecule is CCC(C)(CNC(=O)NCCC1CC1)C(=O)O. The zero-order valence-electron chi connectivity index (χ0n) is 10.6. The maximum absolute atomic E-state index is 11.4. The van der Waals surface area contributed by atoms with Crippen molar-refractivity contribution >= 4 is 12.0 Å². The number of hydrogen-bond donors (Lipinski definition) is 3. The first-order valence-corrected chi connectivity index (χ1v) is 6.23. The molecule has 0 aliphatic heterocycles. The van der Waals surface area contributed by atoms with Crippen LogP contribution < -0.4 is 10.6 Å². The first-order valence-electron chi connectivity index (χ1n) is 6.23. The maximum atomic E-state index is 11.4. The molecule has 0 spiro atoms. The van der Waals surface area contributed by atoms with Gasteiger partial charge in [-0.15, -0.1) is 0 Å². The van der Waals surface area contributed by atoms with Crippen LogP contribution in [0, 0.1) is 11.3 Å². The largest absolute Gasteiger partial charge is 0.481 e. The molecule has 1 saturated carbocycles. The number of urea groups is 1. The molecule has 0 heterocycles. The summed E-state index contributed by atoms with van der Waals surface area (Å²) in [7, 11) is 0. The highest BCUT2D eigenvalue weighted by Gasteiger charge is 2.31. The number of carboxylic acids is 1. The van der Waals surface area contributed by atoms with Crippen LogP contribution in [0.4, 0.5) is 4.79 Å². The minimum absolute atomic E-state index is 0.161. The van der Waals surface area contributed by atoms with Crippen molar-refractivity contribution in [3.63, 3.8) is 0 Å². The molecular weight excluding hydrogens is 220 g/mol. The number of carbonyl (C=O) groups is 2. The lowest BCUT2D eigenvalue weighted by atomic mass is 9.88. The number of rotatable bonds is 7. The van der Waals surface area contributed by atoms with E-state index in [-0.39, 0.29) is 12.6 Å². The topological polar surface area (TPSA) is 78.4 Å². The van der Waals surface area contributed by atoms with Crippen molar-refractivity contribution in [3.05, 3.63) is 0 Å². The van der Waals surface area contributed by atoms with Gasteiger partial charge in [0.15, 0.2) is 0 Å². The summed E-state index contributed by atoms with van der Waals surface area (Å²) < 4.78 is 0. The van der Waals surface area contributed by atoms with E-state index in [1.54, 1.807) is 13.8 Å². The van der Waals surface area contributed by atoms with E-state index in [9.17, 15) is 9.59 Å². The van der Waals surface area contributed by atoms with Crippen molar-refractivity contribution in [2.45, 2.75) is 39.5 Å². The lowest BCUT2D eigenvalue weighted by molar-refractivity contribution is -0.147. The van der Waals surface area contributed by atoms with Crippen LogP contribution in [-0.2, 0) is 4.79 Å². The standard InChI is InChI=1S/C12H22N2O3/c1-3-12(2,10(15)16)8-14-11(17)13-7-6-9-4-5-9/h9H,3-8H2,1-2H3,(H,15,16)(H2,13,14,17). The van der Waals surface area contributed by atoms with Crippen LogP contribution in [0.1, 0.15) is 39.5 Å². The molecule has 0 bridgehead atoms. The molecule has 0 aromatic carbocycles. The molecule has 1 unspecified atom stereocenters. The van der Waals surface area contributed by atoms with Crippen LogP contribution >= 0.6 is 0 Å². The second-order valence-corrected chi connectivity index (χ2v) is 5.06. The molecule has 0 aromatic heterocycles. The van der Waals surface area contributed by atoms with E-state index in [0.29, 0.717) is 13.0 Å². The van der Waals surface area contributed by atoms with Crippen molar-refractivity contribution < 1.29 is 14.7 Å². The van der Waals surface area contributed by atoms with Gasteiger partial charge in [0.2, 0.25) is 0 Å². The molecule has 5 heteroatoms. The van der Waals surface area contributed by atoms with E-state index in [1.165, 1.54) is 12.8 Å². The first-order chi connectivity index (χ1) is 7.98. The number of carbonyl (C=O) groups excluding carboxylic acids is 1. The summed E-state index contributed by atoms with van der Waals surface area (Å²) in [5, 5.41) is 14.4. The molecule has 1 atom stereocenters. The van der Waals surface area contributed by atoms with Crippen LogP contribution in [0.25, 0.3) is 0 Å². The third-order valence-corrected chi connectivity index (χ3v) is 3.47. The minimum atomic E-state index is -0.881. The van der Waals surface area contributed by atoms with Crippen LogP contribution in [0.2, 0.25) is 0 Å². The summed E-state index contributed by atoms with van der Waals surface area (Å²) in [6.07, 6.45) is 4.06. The molecule has 2 amide bonds. The predicted octanol–water partition coefficient (Wildman–Crippen LogP) is 1.59. The smallest absolute Gasteiger partial charge is 0.314 e. The zero-order chi connectivity index (χ0) is 12.9. The van der Waals surface area contributed by atoms with Gasteiger partial charge in [-0.25, -0.2) is 4.79 Å². The molecular formula is C12H22N2O3. The fourth-order valence-corrected chi connectivity index (χ4v) is 1.49. The average Bonchev–Trinajstić information content (AvgIpc) is 3.09. The Balaban J connectivity index is 2.18. The Kier molecular flexibility index (Phi) is 4.78. The van der Waals surface area contributed by atoms with E-state index in [4.69, 9.17) is 5.11 Å². The fourth-order valence-electron chi connectivity index (χ4n) is 1.49. The van der Waals surface area contributed by atoms with Gasteiger partial charge in [0.1, 0.15) is 0 Å². The fraction of sp³-hybridized carbons (Fsp3) is 0.833. The molecule has 0 aromatic rings. The van der Waals surface area contributed by atoms with E-state index in [1.807, 2.05) is 0 Å². The average molecular weight is 242 g/mol. The zero-order valence-corrected chi connectivity index (χ0v) is 10.6. The minimum Gasteiger partial charge on any atom is -0.481 e. The molecule has 1 fully saturated rings. The van der Waals surface area contributed by atoms with Crippen molar-refractivity contribution in [3.8, 4) is 0 Å². The Labute approximate surface area is 102 Å². The Morgan fingerprint density at radius 3 is 2.47 bits per heavy atom. The van der Waals surface area contributed by atoms with Crippen LogP contribution in [-0.4, -0.2) is 30.2 Å². The summed E-state index contributed by atoms with van der Waals surface area (Å²) in [6, 6.07) is -0.272. The lowest BCUT2D eigenvalue weighted by Gasteiger charge is -2.23. The predicted molar refractivity (Wildman–Crippen MR) is 64.8 cm³/mol. The van der Waals surface area contributed by atoms with E-state index < -0.39 is 11.4 Å². The summed E-state index contributed by atoms with van der Waals surface area (Å²) in [4.78, 5) is 22.4. The van der Waals surface area contributed by atoms with Gasteiger partial charge in [-0.3, -0.25) is 4.79 Å². The van der Waals surface area contributed by atoms with Crippen LogP contribution in [0.15, 0.2) is 0 Å². The highest BCUT2D eigenvalue weighted by atomic mass is 16.4. The van der Waals surface area contributed by atoms with Gasteiger partial charge >= 0.3 is 12.0 Å². The quantitative estimate of drug-likeness (QED) is 0.634. The summed E-state index contributed by atoms with van der Waals surface area (Å²) in [6.45, 7) is 4.28. The molecule has 17 heavy (non-hydrogen) atoms. The molecule has 1 rings (SSSR count). The number of carboxylic acid groups (broad SMARTS) is 1. The van der Waals surface area contributed by atoms with Crippen LogP contribution in [0.3, 0.4) is 0 Å². The van der Waals surface area contributed by atoms with Gasteiger partial charge < -0.3 is 15.7 Å². The van der Waals surface area contributed by atoms with Gasteiger partial charge in [0.25, 0.3) is 0 Å². The molecule has 5 nitrogen and oxygen atoms in total. The van der Waals surface area contributed by atoms with Crippen LogP contribution in [0.5, 0.6) is 0 Å². The number of nitrogens with one attached hydrogen (secondary N) is 2. The normalized spacial score (nSPS) is 18.2. The molecule has 3 N–H and O–H groups in total. The summed E-state index contributed by atoms with van der Waals surface area (Å²) in [5.41, 5.74) is -0.881. The number of aliphatic carboxylic acids is 1. The summed E-state index contributed by atoms with van der Waals surface area (Å²) in [5.74, 6) is -0.0893. The lowest BCUT2D eigenvalue weighted by Crippen LogP contribution is -2.44. The molecule has 1 aliphatic rings. The highest BCUT2D eigenvalue weighted by Crippen LogP contribution is 2.31. The third kappa shape index (κ3) is 4.63. The molecule has 1 aliphatic carbocycles. The first kappa shape index (κ1) is 13.8. The summed E-state index contributed by atoms with van der Waals surface area (Å²) >= 11 is 0. The highest BCUT2D eigenvalue weighted by molar-refractivity contribution is 5.77. The second-order valence-electron chi connectivity index (χ2n) is 5.06. The Hall–Kier alpha value is -1.26. The number of amides is 2. The second kappa shape index (κ2) is 5.89.